The van der Waals surface area contributed by atoms with Gasteiger partial charge >= 0.3 is 0 Å². The minimum absolute atomic E-state index is 0.0185. The van der Waals surface area contributed by atoms with Gasteiger partial charge in [-0.3, -0.25) is 4.79 Å². The molecule has 1 atom stereocenters. The van der Waals surface area contributed by atoms with Gasteiger partial charge in [-0.25, -0.2) is 0 Å². The van der Waals surface area contributed by atoms with Crippen LogP contribution in [0.5, 0.6) is 0 Å². The van der Waals surface area contributed by atoms with Gasteiger partial charge in [-0.15, -0.1) is 0 Å². The van der Waals surface area contributed by atoms with Crippen molar-refractivity contribution in [1.29, 1.82) is 0 Å². The minimum Gasteiger partial charge on any atom is -0.385 e. The summed E-state index contributed by atoms with van der Waals surface area (Å²) < 4.78 is 0. The van der Waals surface area contributed by atoms with Gasteiger partial charge < -0.3 is 10.4 Å². The summed E-state index contributed by atoms with van der Waals surface area (Å²) >= 11 is 5.81. The van der Waals surface area contributed by atoms with Gasteiger partial charge in [0.25, 0.3) is 0 Å². The van der Waals surface area contributed by atoms with Gasteiger partial charge in [0.1, 0.15) is 0 Å². The van der Waals surface area contributed by atoms with Crippen LogP contribution in [0, 0.1) is 0 Å². The van der Waals surface area contributed by atoms with Crippen LogP contribution in [0.25, 0.3) is 0 Å². The van der Waals surface area contributed by atoms with E-state index in [0.29, 0.717) is 11.6 Å². The van der Waals surface area contributed by atoms with E-state index in [-0.39, 0.29) is 12.3 Å². The number of carbonyl (C=O) groups is 1. The smallest absolute Gasteiger partial charge is 0.223 e. The van der Waals surface area contributed by atoms with E-state index in [1.54, 1.807) is 19.1 Å². The summed E-state index contributed by atoms with van der Waals surface area (Å²) in [6, 6.07) is 16.5. The molecule has 4 heteroatoms. The van der Waals surface area contributed by atoms with Crippen molar-refractivity contribution in [2.75, 3.05) is 0 Å². The van der Waals surface area contributed by atoms with Crippen LogP contribution < -0.4 is 5.32 Å². The Labute approximate surface area is 129 Å². The van der Waals surface area contributed by atoms with Gasteiger partial charge in [-0.05, 0) is 30.2 Å². The molecule has 110 valence electrons. The summed E-state index contributed by atoms with van der Waals surface area (Å²) in [5, 5.41) is 13.9. The first-order valence-electron chi connectivity index (χ1n) is 6.76. The molecule has 0 aliphatic carbocycles. The number of amides is 1. The first-order valence-corrected chi connectivity index (χ1v) is 7.14. The number of rotatable bonds is 5. The summed E-state index contributed by atoms with van der Waals surface area (Å²) in [5.74, 6) is -0.196. The Morgan fingerprint density at radius 3 is 2.38 bits per heavy atom. The molecule has 1 unspecified atom stereocenters. The van der Waals surface area contributed by atoms with Crippen molar-refractivity contribution >= 4 is 17.5 Å². The van der Waals surface area contributed by atoms with E-state index in [0.717, 1.165) is 11.1 Å². The fraction of sp³-hybridized carbons (Fsp3) is 0.235. The highest BCUT2D eigenvalue weighted by atomic mass is 35.5. The van der Waals surface area contributed by atoms with E-state index in [9.17, 15) is 9.90 Å². The van der Waals surface area contributed by atoms with Crippen LogP contribution in [0.3, 0.4) is 0 Å². The van der Waals surface area contributed by atoms with Gasteiger partial charge in [0.15, 0.2) is 0 Å². The number of aliphatic hydroxyl groups is 1. The molecule has 2 aromatic carbocycles. The predicted molar refractivity (Wildman–Crippen MR) is 83.9 cm³/mol. The zero-order valence-corrected chi connectivity index (χ0v) is 12.6. The molecule has 3 nitrogen and oxygen atoms in total. The van der Waals surface area contributed by atoms with Crippen LogP contribution >= 0.6 is 11.6 Å². The van der Waals surface area contributed by atoms with Crippen LogP contribution in [-0.4, -0.2) is 11.0 Å². The number of halogens is 1. The van der Waals surface area contributed by atoms with E-state index in [2.05, 4.69) is 5.32 Å². The number of hydrogen-bond acceptors (Lipinski definition) is 2. The van der Waals surface area contributed by atoms with Crippen molar-refractivity contribution in [3.05, 3.63) is 70.7 Å². The average molecular weight is 304 g/mol. The molecule has 0 aromatic heterocycles. The Hall–Kier alpha value is -1.84. The summed E-state index contributed by atoms with van der Waals surface area (Å²) in [6.07, 6.45) is 0.0185. The lowest BCUT2D eigenvalue weighted by Gasteiger charge is -2.23. The Morgan fingerprint density at radius 1 is 1.14 bits per heavy atom. The molecule has 0 aliphatic heterocycles. The highest BCUT2D eigenvalue weighted by Crippen LogP contribution is 2.23. The molecule has 0 heterocycles. The largest absolute Gasteiger partial charge is 0.385 e. The average Bonchev–Trinajstić information content (AvgIpc) is 2.47. The molecule has 0 fully saturated rings. The molecular weight excluding hydrogens is 286 g/mol. The molecule has 1 amide bonds. The molecule has 21 heavy (non-hydrogen) atoms. The summed E-state index contributed by atoms with van der Waals surface area (Å²) in [7, 11) is 0. The quantitative estimate of drug-likeness (QED) is 0.891. The van der Waals surface area contributed by atoms with Gasteiger partial charge in [0.2, 0.25) is 5.91 Å². The van der Waals surface area contributed by atoms with E-state index in [4.69, 9.17) is 11.6 Å². The van der Waals surface area contributed by atoms with Crippen LogP contribution in [0.15, 0.2) is 54.6 Å². The number of hydrogen-bond donors (Lipinski definition) is 2. The van der Waals surface area contributed by atoms with E-state index in [1.807, 2.05) is 42.5 Å². The number of benzene rings is 2. The zero-order chi connectivity index (χ0) is 15.3. The molecule has 2 rings (SSSR count). The molecule has 0 aliphatic rings. The maximum Gasteiger partial charge on any atom is 0.223 e. The molecule has 0 saturated heterocycles. The third kappa shape index (κ3) is 4.59. The molecule has 0 bridgehead atoms. The lowest BCUT2D eigenvalue weighted by Crippen LogP contribution is -2.32. The maximum absolute atomic E-state index is 12.0. The first-order chi connectivity index (χ1) is 9.97. The van der Waals surface area contributed by atoms with Crippen molar-refractivity contribution < 1.29 is 9.90 Å². The molecule has 0 radical (unpaired) electrons. The van der Waals surface area contributed by atoms with Crippen molar-refractivity contribution in [2.45, 2.75) is 25.5 Å². The zero-order valence-electron chi connectivity index (χ0n) is 11.8. The summed E-state index contributed by atoms with van der Waals surface area (Å²) in [5.41, 5.74) is 0.518. The van der Waals surface area contributed by atoms with Crippen molar-refractivity contribution in [3.63, 3.8) is 0 Å². The summed E-state index contributed by atoms with van der Waals surface area (Å²) in [6.45, 7) is 2.06. The van der Waals surface area contributed by atoms with Crippen molar-refractivity contribution in [1.82, 2.24) is 5.32 Å². The van der Waals surface area contributed by atoms with Crippen LogP contribution in [-0.2, 0) is 16.9 Å². The van der Waals surface area contributed by atoms with Crippen molar-refractivity contribution in [3.8, 4) is 0 Å². The standard InChI is InChI=1S/C17H18ClNO2/c1-17(21,14-5-3-2-4-6-14)11-16(20)19-12-13-7-9-15(18)10-8-13/h2-10,21H,11-12H2,1H3,(H,19,20). The van der Waals surface area contributed by atoms with Crippen molar-refractivity contribution in [2.24, 2.45) is 0 Å². The highest BCUT2D eigenvalue weighted by Gasteiger charge is 2.26. The molecule has 2 N–H and O–H groups in total. The second-order valence-corrected chi connectivity index (χ2v) is 5.66. The Kier molecular flexibility index (Phi) is 4.99. The SMILES string of the molecule is CC(O)(CC(=O)NCc1ccc(Cl)cc1)c1ccccc1. The fourth-order valence-electron chi connectivity index (χ4n) is 2.08. The highest BCUT2D eigenvalue weighted by molar-refractivity contribution is 6.30. The summed E-state index contributed by atoms with van der Waals surface area (Å²) in [4.78, 5) is 12.0. The Balaban J connectivity index is 1.91. The van der Waals surface area contributed by atoms with Gasteiger partial charge in [0, 0.05) is 11.6 Å². The Morgan fingerprint density at radius 2 is 1.76 bits per heavy atom. The van der Waals surface area contributed by atoms with Crippen LogP contribution in [0.4, 0.5) is 0 Å². The fourth-order valence-corrected chi connectivity index (χ4v) is 2.20. The lowest BCUT2D eigenvalue weighted by molar-refractivity contribution is -0.126. The van der Waals surface area contributed by atoms with E-state index < -0.39 is 5.60 Å². The predicted octanol–water partition coefficient (Wildman–Crippen LogP) is 3.25. The second kappa shape index (κ2) is 6.74. The second-order valence-electron chi connectivity index (χ2n) is 5.22. The van der Waals surface area contributed by atoms with Crippen LogP contribution in [0.1, 0.15) is 24.5 Å². The normalized spacial score (nSPS) is 13.5. The number of carbonyl (C=O) groups excluding carboxylic acids is 1. The topological polar surface area (TPSA) is 49.3 Å². The van der Waals surface area contributed by atoms with Crippen LogP contribution in [0.2, 0.25) is 5.02 Å². The molecule has 0 saturated carbocycles. The number of nitrogens with one attached hydrogen (secondary N) is 1. The first kappa shape index (κ1) is 15.5. The monoisotopic (exact) mass is 303 g/mol. The van der Waals surface area contributed by atoms with Gasteiger partial charge in [-0.1, -0.05) is 54.1 Å². The van der Waals surface area contributed by atoms with E-state index >= 15 is 0 Å². The third-order valence-electron chi connectivity index (χ3n) is 3.30. The maximum atomic E-state index is 12.0. The molecule has 2 aromatic rings. The molecular formula is C17H18ClNO2. The minimum atomic E-state index is -1.18. The third-order valence-corrected chi connectivity index (χ3v) is 3.56. The van der Waals surface area contributed by atoms with Gasteiger partial charge in [0.05, 0.1) is 12.0 Å². The van der Waals surface area contributed by atoms with Gasteiger partial charge in [-0.2, -0.15) is 0 Å². The Bertz CT molecular complexity index is 594. The van der Waals surface area contributed by atoms with E-state index in [1.165, 1.54) is 0 Å². The molecule has 0 spiro atoms. The lowest BCUT2D eigenvalue weighted by atomic mass is 9.92.